The minimum absolute atomic E-state index is 0.151. The van der Waals surface area contributed by atoms with E-state index in [9.17, 15) is 13.2 Å². The summed E-state index contributed by atoms with van der Waals surface area (Å²) in [6.07, 6.45) is 3.00. The molecule has 0 spiro atoms. The molecule has 1 amide bonds. The van der Waals surface area contributed by atoms with Crippen molar-refractivity contribution >= 4 is 27.5 Å². The maximum absolute atomic E-state index is 12.1. The summed E-state index contributed by atoms with van der Waals surface area (Å²) in [5, 5.41) is 8.12. The van der Waals surface area contributed by atoms with E-state index in [0.29, 0.717) is 5.56 Å². The fourth-order valence-corrected chi connectivity index (χ4v) is 2.72. The Morgan fingerprint density at radius 2 is 2.05 bits per heavy atom. The normalized spacial score (nSPS) is 15.9. The van der Waals surface area contributed by atoms with Crippen LogP contribution < -0.4 is 10.5 Å². The summed E-state index contributed by atoms with van der Waals surface area (Å²) >= 11 is 5.95. The highest BCUT2D eigenvalue weighted by atomic mass is 35.5. The molecule has 5 nitrogen and oxygen atoms in total. The Morgan fingerprint density at radius 3 is 2.53 bits per heavy atom. The Hall–Kier alpha value is -1.11. The quantitative estimate of drug-likeness (QED) is 0.888. The van der Waals surface area contributed by atoms with Gasteiger partial charge in [0.2, 0.25) is 10.0 Å². The van der Waals surface area contributed by atoms with Gasteiger partial charge in [-0.2, -0.15) is 0 Å². The third-order valence-corrected chi connectivity index (χ3v) is 4.62. The minimum atomic E-state index is -3.88. The Morgan fingerprint density at radius 1 is 1.42 bits per heavy atom. The zero-order valence-corrected chi connectivity index (χ0v) is 12.0. The molecule has 0 radical (unpaired) electrons. The van der Waals surface area contributed by atoms with Gasteiger partial charge in [0.15, 0.2) is 0 Å². The van der Waals surface area contributed by atoms with Gasteiger partial charge in [0.25, 0.3) is 5.91 Å². The number of halogens is 1. The number of primary sulfonamides is 1. The van der Waals surface area contributed by atoms with Gasteiger partial charge in [0, 0.05) is 16.6 Å². The van der Waals surface area contributed by atoms with Crippen molar-refractivity contribution in [1.82, 2.24) is 5.32 Å². The monoisotopic (exact) mass is 302 g/mol. The summed E-state index contributed by atoms with van der Waals surface area (Å²) in [6, 6.07) is 2.69. The van der Waals surface area contributed by atoms with Crippen LogP contribution in [0.2, 0.25) is 5.02 Å². The first-order valence-electron chi connectivity index (χ1n) is 5.93. The number of carbonyl (C=O) groups excluding carboxylic acids is 1. The van der Waals surface area contributed by atoms with Crippen molar-refractivity contribution in [2.45, 2.75) is 37.1 Å². The maximum atomic E-state index is 12.1. The Kier molecular flexibility index (Phi) is 3.85. The number of sulfonamides is 1. The topological polar surface area (TPSA) is 89.3 Å². The second-order valence-electron chi connectivity index (χ2n) is 4.72. The third-order valence-electron chi connectivity index (χ3n) is 3.33. The Balaban J connectivity index is 2.37. The molecule has 0 atom stereocenters. The number of hydrogen-bond donors (Lipinski definition) is 2. The van der Waals surface area contributed by atoms with E-state index >= 15 is 0 Å². The van der Waals surface area contributed by atoms with Gasteiger partial charge in [-0.25, -0.2) is 13.6 Å². The van der Waals surface area contributed by atoms with E-state index in [4.69, 9.17) is 16.7 Å². The van der Waals surface area contributed by atoms with E-state index in [1.807, 2.05) is 0 Å². The molecule has 19 heavy (non-hydrogen) atoms. The molecule has 0 aliphatic heterocycles. The highest BCUT2D eigenvalue weighted by molar-refractivity contribution is 7.89. The molecule has 1 aromatic rings. The number of carbonyl (C=O) groups is 1. The van der Waals surface area contributed by atoms with Crippen molar-refractivity contribution in [2.75, 3.05) is 0 Å². The molecule has 1 aliphatic carbocycles. The van der Waals surface area contributed by atoms with Gasteiger partial charge in [-0.3, -0.25) is 4.79 Å². The summed E-state index contributed by atoms with van der Waals surface area (Å²) in [6.45, 7) is 1.67. The van der Waals surface area contributed by atoms with Crippen LogP contribution in [0.1, 0.15) is 35.2 Å². The van der Waals surface area contributed by atoms with Crippen LogP contribution in [0.15, 0.2) is 17.0 Å². The van der Waals surface area contributed by atoms with E-state index in [2.05, 4.69) is 5.32 Å². The minimum Gasteiger partial charge on any atom is -0.349 e. The first-order valence-corrected chi connectivity index (χ1v) is 7.85. The van der Waals surface area contributed by atoms with Crippen molar-refractivity contribution in [3.05, 3.63) is 28.3 Å². The second kappa shape index (κ2) is 5.11. The first kappa shape index (κ1) is 14.3. The lowest BCUT2D eigenvalue weighted by molar-refractivity contribution is 0.0916. The molecule has 104 valence electrons. The van der Waals surface area contributed by atoms with Crippen LogP contribution in [-0.2, 0) is 10.0 Å². The molecule has 3 N–H and O–H groups in total. The standard InChI is InChI=1S/C12H15ClN2O3S/c1-7-10(12(16)15-8-3-2-4-8)5-9(6-11(7)13)19(14,17)18/h5-6,8H,2-4H2,1H3,(H,15,16)(H2,14,17,18). The van der Waals surface area contributed by atoms with Crippen LogP contribution in [0, 0.1) is 6.92 Å². The molecule has 0 unspecified atom stereocenters. The van der Waals surface area contributed by atoms with Gasteiger partial charge in [0.05, 0.1) is 4.90 Å². The van der Waals surface area contributed by atoms with Gasteiger partial charge < -0.3 is 5.32 Å². The maximum Gasteiger partial charge on any atom is 0.251 e. The molecule has 1 aromatic carbocycles. The fourth-order valence-electron chi connectivity index (χ4n) is 1.87. The van der Waals surface area contributed by atoms with E-state index < -0.39 is 10.0 Å². The number of rotatable bonds is 3. The average molecular weight is 303 g/mol. The lowest BCUT2D eigenvalue weighted by atomic mass is 9.92. The number of nitrogens with one attached hydrogen (secondary N) is 1. The van der Waals surface area contributed by atoms with E-state index in [0.717, 1.165) is 19.3 Å². The zero-order chi connectivity index (χ0) is 14.2. The van der Waals surface area contributed by atoms with Crippen LogP contribution in [0.4, 0.5) is 0 Å². The van der Waals surface area contributed by atoms with Crippen molar-refractivity contribution in [1.29, 1.82) is 0 Å². The molecule has 2 rings (SSSR count). The predicted molar refractivity (Wildman–Crippen MR) is 72.7 cm³/mol. The summed E-state index contributed by atoms with van der Waals surface area (Å²) in [4.78, 5) is 11.9. The van der Waals surface area contributed by atoms with E-state index in [1.54, 1.807) is 6.92 Å². The molecule has 1 aliphatic rings. The van der Waals surface area contributed by atoms with E-state index in [-0.39, 0.29) is 27.4 Å². The van der Waals surface area contributed by atoms with Gasteiger partial charge >= 0.3 is 0 Å². The smallest absolute Gasteiger partial charge is 0.251 e. The highest BCUT2D eigenvalue weighted by Gasteiger charge is 2.23. The van der Waals surface area contributed by atoms with Crippen molar-refractivity contribution in [2.24, 2.45) is 5.14 Å². The zero-order valence-electron chi connectivity index (χ0n) is 10.4. The number of benzene rings is 1. The van der Waals surface area contributed by atoms with Crippen LogP contribution in [0.25, 0.3) is 0 Å². The molecular weight excluding hydrogens is 288 g/mol. The van der Waals surface area contributed by atoms with Crippen LogP contribution in [-0.4, -0.2) is 20.4 Å². The van der Waals surface area contributed by atoms with Crippen LogP contribution >= 0.6 is 11.6 Å². The lowest BCUT2D eigenvalue weighted by Crippen LogP contribution is -2.39. The van der Waals surface area contributed by atoms with Crippen molar-refractivity contribution in [3.8, 4) is 0 Å². The summed E-state index contributed by atoms with van der Waals surface area (Å²) in [5.74, 6) is -0.311. The largest absolute Gasteiger partial charge is 0.349 e. The lowest BCUT2D eigenvalue weighted by Gasteiger charge is -2.26. The van der Waals surface area contributed by atoms with Crippen molar-refractivity contribution in [3.63, 3.8) is 0 Å². The molecule has 0 heterocycles. The molecular formula is C12H15ClN2O3S. The molecule has 7 heteroatoms. The highest BCUT2D eigenvalue weighted by Crippen LogP contribution is 2.25. The van der Waals surface area contributed by atoms with Gasteiger partial charge in [-0.15, -0.1) is 0 Å². The number of nitrogens with two attached hydrogens (primary N) is 1. The number of amides is 1. The first-order chi connectivity index (χ1) is 8.79. The van der Waals surface area contributed by atoms with Crippen LogP contribution in [0.3, 0.4) is 0 Å². The predicted octanol–water partition coefficient (Wildman–Crippen LogP) is 1.58. The van der Waals surface area contributed by atoms with Crippen molar-refractivity contribution < 1.29 is 13.2 Å². The molecule has 1 fully saturated rings. The molecule has 1 saturated carbocycles. The SMILES string of the molecule is Cc1c(Cl)cc(S(N)(=O)=O)cc1C(=O)NC1CCC1. The molecule has 0 saturated heterocycles. The van der Waals surface area contributed by atoms with Crippen LogP contribution in [0.5, 0.6) is 0 Å². The van der Waals surface area contributed by atoms with Gasteiger partial charge in [0.1, 0.15) is 0 Å². The third kappa shape index (κ3) is 3.08. The Bertz CT molecular complexity index is 624. The molecule has 0 bridgehead atoms. The fraction of sp³-hybridized carbons (Fsp3) is 0.417. The summed E-state index contributed by atoms with van der Waals surface area (Å²) in [5.41, 5.74) is 0.800. The summed E-state index contributed by atoms with van der Waals surface area (Å²) < 4.78 is 22.7. The van der Waals surface area contributed by atoms with Gasteiger partial charge in [-0.1, -0.05) is 11.6 Å². The summed E-state index contributed by atoms with van der Waals surface area (Å²) in [7, 11) is -3.88. The average Bonchev–Trinajstić information content (AvgIpc) is 2.25. The van der Waals surface area contributed by atoms with E-state index in [1.165, 1.54) is 12.1 Å². The second-order valence-corrected chi connectivity index (χ2v) is 6.69. The van der Waals surface area contributed by atoms with Gasteiger partial charge in [-0.05, 0) is 43.9 Å². The number of hydrogen-bond acceptors (Lipinski definition) is 3. The Labute approximate surface area is 117 Å². The molecule has 0 aromatic heterocycles.